The van der Waals surface area contributed by atoms with E-state index in [0.717, 1.165) is 12.8 Å². The molecule has 206 valence electrons. The van der Waals surface area contributed by atoms with Gasteiger partial charge in [-0.2, -0.15) is 18.2 Å². The number of rotatable bonds is 3. The van der Waals surface area contributed by atoms with E-state index in [4.69, 9.17) is 14.4 Å². The molecular formula is C23H27F4N7O4. The van der Waals surface area contributed by atoms with Crippen LogP contribution >= 0.6 is 0 Å². The Hall–Kier alpha value is -3.91. The van der Waals surface area contributed by atoms with E-state index in [2.05, 4.69) is 20.4 Å². The van der Waals surface area contributed by atoms with Crippen molar-refractivity contribution in [1.82, 2.24) is 29.9 Å². The summed E-state index contributed by atoms with van der Waals surface area (Å²) in [5.74, 6) is -2.34. The zero-order chi connectivity index (χ0) is 27.4. The molecule has 2 fully saturated rings. The van der Waals surface area contributed by atoms with Gasteiger partial charge >= 0.3 is 24.2 Å². The van der Waals surface area contributed by atoms with Gasteiger partial charge in [-0.1, -0.05) is 30.5 Å². The summed E-state index contributed by atoms with van der Waals surface area (Å²) in [5, 5.41) is 14.3. The van der Waals surface area contributed by atoms with Crippen molar-refractivity contribution in [2.75, 3.05) is 31.1 Å². The van der Waals surface area contributed by atoms with Crippen LogP contribution < -0.4 is 10.2 Å². The molecule has 0 spiro atoms. The lowest BCUT2D eigenvalue weighted by Gasteiger charge is -2.35. The summed E-state index contributed by atoms with van der Waals surface area (Å²) in [4.78, 5) is 34.2. The summed E-state index contributed by atoms with van der Waals surface area (Å²) in [6, 6.07) is 5.48. The van der Waals surface area contributed by atoms with Gasteiger partial charge in [0.2, 0.25) is 5.82 Å². The number of aromatic nitrogens is 4. The highest BCUT2D eigenvalue weighted by Gasteiger charge is 2.38. The second kappa shape index (κ2) is 11.2. The van der Waals surface area contributed by atoms with Crippen molar-refractivity contribution < 1.29 is 36.8 Å². The third-order valence-corrected chi connectivity index (χ3v) is 6.47. The number of halogens is 4. The van der Waals surface area contributed by atoms with Crippen molar-refractivity contribution in [2.45, 2.75) is 44.3 Å². The number of anilines is 1. The Morgan fingerprint density at radius 2 is 1.74 bits per heavy atom. The number of alkyl halides is 3. The molecule has 2 aromatic heterocycles. The number of fused-ring (bicyclic) bond motifs is 1. The lowest BCUT2D eigenvalue weighted by Crippen LogP contribution is -2.53. The fourth-order valence-electron chi connectivity index (χ4n) is 4.47. The van der Waals surface area contributed by atoms with Gasteiger partial charge in [0.05, 0.1) is 5.52 Å². The first-order valence-electron chi connectivity index (χ1n) is 12.1. The molecular weight excluding hydrogens is 514 g/mol. The topological polar surface area (TPSA) is 130 Å². The van der Waals surface area contributed by atoms with E-state index < -0.39 is 12.1 Å². The van der Waals surface area contributed by atoms with Gasteiger partial charge in [0.25, 0.3) is 0 Å². The molecule has 2 aliphatic rings. The zero-order valence-electron chi connectivity index (χ0n) is 20.5. The van der Waals surface area contributed by atoms with E-state index in [-0.39, 0.29) is 11.8 Å². The van der Waals surface area contributed by atoms with E-state index in [1.165, 1.54) is 25.3 Å². The van der Waals surface area contributed by atoms with Crippen LogP contribution in [-0.2, 0) is 11.8 Å². The first-order chi connectivity index (χ1) is 18.0. The molecule has 15 heteroatoms. The monoisotopic (exact) mass is 541 g/mol. The number of amides is 2. The smallest absolute Gasteiger partial charge is 0.475 e. The standard InChI is InChI=1S/C21H26FN7O2.C2HF3O2/c1-27-17-15(22)8-5-9-16(17)24-19(27)18-25-21(31-26-18)29-12-10-28(11-13-29)20(30)23-14-6-3-2-4-7-14;3-2(4,5)1(6)7/h5,8-9,14H,2-4,6-7,10-13H2,1H3,(H,23,30);(H,6,7). The summed E-state index contributed by atoms with van der Waals surface area (Å²) < 4.78 is 53.0. The van der Waals surface area contributed by atoms with E-state index in [0.29, 0.717) is 60.9 Å². The predicted octanol–water partition coefficient (Wildman–Crippen LogP) is 3.56. The van der Waals surface area contributed by atoms with Crippen LogP contribution in [0, 0.1) is 5.82 Å². The average Bonchev–Trinajstić information content (AvgIpc) is 3.50. The zero-order valence-corrected chi connectivity index (χ0v) is 20.5. The van der Waals surface area contributed by atoms with Gasteiger partial charge in [0.1, 0.15) is 11.3 Å². The maximum absolute atomic E-state index is 14.2. The number of para-hydroxylation sites is 1. The quantitative estimate of drug-likeness (QED) is 0.482. The molecule has 0 bridgehead atoms. The van der Waals surface area contributed by atoms with Gasteiger partial charge in [0, 0.05) is 39.3 Å². The molecule has 11 nitrogen and oxygen atoms in total. The fraction of sp³-hybridized carbons (Fsp3) is 0.522. The molecule has 1 saturated heterocycles. The average molecular weight is 542 g/mol. The van der Waals surface area contributed by atoms with Gasteiger partial charge < -0.3 is 29.3 Å². The number of piperazine rings is 1. The number of hydrogen-bond donors (Lipinski definition) is 2. The van der Waals surface area contributed by atoms with Crippen LogP contribution in [0.15, 0.2) is 22.7 Å². The summed E-state index contributed by atoms with van der Waals surface area (Å²) in [5.41, 5.74) is 0.947. The molecule has 3 heterocycles. The number of hydrogen-bond acceptors (Lipinski definition) is 7. The lowest BCUT2D eigenvalue weighted by atomic mass is 9.96. The molecule has 5 rings (SSSR count). The number of aryl methyl sites for hydroxylation is 1. The molecule has 0 atom stereocenters. The number of carbonyl (C=O) groups excluding carboxylic acids is 1. The molecule has 2 amide bonds. The van der Waals surface area contributed by atoms with Crippen molar-refractivity contribution in [3.05, 3.63) is 24.0 Å². The Morgan fingerprint density at radius 3 is 2.34 bits per heavy atom. The van der Waals surface area contributed by atoms with Crippen molar-refractivity contribution in [1.29, 1.82) is 0 Å². The molecule has 1 aliphatic carbocycles. The van der Waals surface area contributed by atoms with Gasteiger partial charge in [0.15, 0.2) is 5.82 Å². The Bertz CT molecular complexity index is 1280. The lowest BCUT2D eigenvalue weighted by molar-refractivity contribution is -0.192. The van der Waals surface area contributed by atoms with Crippen LogP contribution in [0.5, 0.6) is 0 Å². The van der Waals surface area contributed by atoms with Gasteiger partial charge in [-0.15, -0.1) is 0 Å². The molecule has 2 N–H and O–H groups in total. The predicted molar refractivity (Wildman–Crippen MR) is 127 cm³/mol. The number of carbonyl (C=O) groups is 2. The van der Waals surface area contributed by atoms with E-state index in [1.807, 2.05) is 9.80 Å². The van der Waals surface area contributed by atoms with Crippen LogP contribution in [0.2, 0.25) is 0 Å². The first kappa shape index (κ1) is 27.1. The number of carboxylic acid groups (broad SMARTS) is 1. The van der Waals surface area contributed by atoms with Crippen LogP contribution in [0.3, 0.4) is 0 Å². The van der Waals surface area contributed by atoms with Gasteiger partial charge in [-0.3, -0.25) is 0 Å². The minimum Gasteiger partial charge on any atom is -0.475 e. The molecule has 38 heavy (non-hydrogen) atoms. The maximum atomic E-state index is 14.2. The highest BCUT2D eigenvalue weighted by Crippen LogP contribution is 2.25. The Balaban J connectivity index is 0.000000426. The molecule has 1 aromatic carbocycles. The molecule has 1 aliphatic heterocycles. The van der Waals surface area contributed by atoms with E-state index in [9.17, 15) is 22.4 Å². The molecule has 1 saturated carbocycles. The van der Waals surface area contributed by atoms with Crippen molar-refractivity contribution in [3.8, 4) is 11.6 Å². The fourth-order valence-corrected chi connectivity index (χ4v) is 4.47. The summed E-state index contributed by atoms with van der Waals surface area (Å²) >= 11 is 0. The molecule has 3 aromatic rings. The second-order valence-electron chi connectivity index (χ2n) is 9.06. The van der Waals surface area contributed by atoms with Crippen LogP contribution in [0.1, 0.15) is 32.1 Å². The largest absolute Gasteiger partial charge is 0.490 e. The second-order valence-corrected chi connectivity index (χ2v) is 9.06. The van der Waals surface area contributed by atoms with Crippen molar-refractivity contribution in [2.24, 2.45) is 7.05 Å². The highest BCUT2D eigenvalue weighted by atomic mass is 19.4. The van der Waals surface area contributed by atoms with Crippen molar-refractivity contribution in [3.63, 3.8) is 0 Å². The summed E-state index contributed by atoms with van der Waals surface area (Å²) in [7, 11) is 1.73. The highest BCUT2D eigenvalue weighted by molar-refractivity contribution is 5.80. The number of nitrogens with zero attached hydrogens (tertiary/aromatic N) is 6. The third-order valence-electron chi connectivity index (χ3n) is 6.47. The first-order valence-corrected chi connectivity index (χ1v) is 12.1. The number of benzene rings is 1. The molecule has 0 unspecified atom stereocenters. The Labute approximate surface area is 214 Å². The normalized spacial score (nSPS) is 16.8. The van der Waals surface area contributed by atoms with Gasteiger partial charge in [-0.05, 0) is 25.0 Å². The number of urea groups is 1. The van der Waals surface area contributed by atoms with Gasteiger partial charge in [-0.25, -0.2) is 19.0 Å². The Kier molecular flexibility index (Phi) is 8.02. The minimum atomic E-state index is -5.08. The van der Waals surface area contributed by atoms with E-state index >= 15 is 0 Å². The van der Waals surface area contributed by atoms with Crippen molar-refractivity contribution >= 4 is 29.0 Å². The summed E-state index contributed by atoms with van der Waals surface area (Å²) in [6.07, 6.45) is 0.707. The third kappa shape index (κ3) is 6.14. The Morgan fingerprint density at radius 1 is 1.08 bits per heavy atom. The number of imidazole rings is 1. The van der Waals surface area contributed by atoms with Crippen LogP contribution in [0.4, 0.5) is 28.4 Å². The SMILES string of the molecule is Cn1c(-c2noc(N3CCN(C(=O)NC4CCCCC4)CC3)n2)nc2cccc(F)c21.O=C(O)C(F)(F)F. The van der Waals surface area contributed by atoms with Crippen LogP contribution in [0.25, 0.3) is 22.7 Å². The van der Waals surface area contributed by atoms with E-state index in [1.54, 1.807) is 23.7 Å². The number of carboxylic acids is 1. The van der Waals surface area contributed by atoms with Crippen LogP contribution in [-0.4, -0.2) is 80.1 Å². The number of nitrogens with one attached hydrogen (secondary N) is 1. The minimum absolute atomic E-state index is 0.0134. The maximum Gasteiger partial charge on any atom is 0.490 e. The summed E-state index contributed by atoms with van der Waals surface area (Å²) in [6.45, 7) is 2.40. The number of aliphatic carboxylic acids is 1. The molecule has 0 radical (unpaired) electrons.